The lowest BCUT2D eigenvalue weighted by Crippen LogP contribution is -2.17. The van der Waals surface area contributed by atoms with E-state index in [-0.39, 0.29) is 18.0 Å². The van der Waals surface area contributed by atoms with Crippen LogP contribution in [-0.2, 0) is 9.53 Å². The van der Waals surface area contributed by atoms with Crippen molar-refractivity contribution in [1.82, 2.24) is 0 Å². The Labute approximate surface area is 99.2 Å². The van der Waals surface area contributed by atoms with Crippen molar-refractivity contribution >= 4 is 5.97 Å². The first kappa shape index (κ1) is 15.4. The highest BCUT2D eigenvalue weighted by molar-refractivity contribution is 5.71. The van der Waals surface area contributed by atoms with E-state index in [1.54, 1.807) is 6.92 Å². The molecule has 1 N–H and O–H groups in total. The van der Waals surface area contributed by atoms with E-state index in [2.05, 4.69) is 13.8 Å². The quantitative estimate of drug-likeness (QED) is 0.652. The van der Waals surface area contributed by atoms with Crippen LogP contribution < -0.4 is 0 Å². The molecule has 3 unspecified atom stereocenters. The second-order valence-corrected chi connectivity index (χ2v) is 4.80. The molecule has 96 valence electrons. The van der Waals surface area contributed by atoms with Crippen LogP contribution >= 0.6 is 0 Å². The van der Waals surface area contributed by atoms with Crippen molar-refractivity contribution in [2.75, 3.05) is 6.61 Å². The van der Waals surface area contributed by atoms with Gasteiger partial charge in [0.25, 0.3) is 0 Å². The summed E-state index contributed by atoms with van der Waals surface area (Å²) in [5.74, 6) is 0.371. The van der Waals surface area contributed by atoms with Crippen LogP contribution in [0.3, 0.4) is 0 Å². The Kier molecular flexibility index (Phi) is 8.26. The van der Waals surface area contributed by atoms with Crippen LogP contribution in [0.5, 0.6) is 0 Å². The van der Waals surface area contributed by atoms with E-state index >= 15 is 0 Å². The van der Waals surface area contributed by atoms with Gasteiger partial charge in [-0.25, -0.2) is 0 Å². The van der Waals surface area contributed by atoms with Gasteiger partial charge in [-0.15, -0.1) is 0 Å². The first-order valence-corrected chi connectivity index (χ1v) is 6.32. The highest BCUT2D eigenvalue weighted by atomic mass is 16.5. The molecule has 0 saturated heterocycles. The van der Waals surface area contributed by atoms with Crippen molar-refractivity contribution in [3.05, 3.63) is 0 Å². The van der Waals surface area contributed by atoms with Gasteiger partial charge in [0, 0.05) is 0 Å². The van der Waals surface area contributed by atoms with Gasteiger partial charge in [0.1, 0.15) is 0 Å². The molecule has 0 aliphatic heterocycles. The van der Waals surface area contributed by atoms with Gasteiger partial charge in [-0.2, -0.15) is 0 Å². The number of rotatable bonds is 8. The van der Waals surface area contributed by atoms with E-state index < -0.39 is 0 Å². The zero-order valence-electron chi connectivity index (χ0n) is 11.0. The molecule has 16 heavy (non-hydrogen) atoms. The van der Waals surface area contributed by atoms with Gasteiger partial charge >= 0.3 is 5.97 Å². The first-order valence-electron chi connectivity index (χ1n) is 6.32. The first-order chi connectivity index (χ1) is 7.47. The molecule has 3 heteroatoms. The van der Waals surface area contributed by atoms with Crippen LogP contribution in [-0.4, -0.2) is 23.8 Å². The van der Waals surface area contributed by atoms with Crippen LogP contribution in [0, 0.1) is 11.8 Å². The largest absolute Gasteiger partial charge is 0.465 e. The normalized spacial score (nSPS) is 16.6. The lowest BCUT2D eigenvalue weighted by Gasteiger charge is -2.13. The summed E-state index contributed by atoms with van der Waals surface area (Å²) in [6.07, 6.45) is 3.07. The van der Waals surface area contributed by atoms with Crippen LogP contribution in [0.2, 0.25) is 0 Å². The van der Waals surface area contributed by atoms with Gasteiger partial charge in [0.05, 0.1) is 18.6 Å². The number of hydrogen-bond acceptors (Lipinski definition) is 3. The molecule has 0 bridgehead atoms. The predicted octanol–water partition coefficient (Wildman–Crippen LogP) is 2.76. The van der Waals surface area contributed by atoms with Gasteiger partial charge in [-0.05, 0) is 32.1 Å². The fourth-order valence-corrected chi connectivity index (χ4v) is 1.32. The van der Waals surface area contributed by atoms with Crippen molar-refractivity contribution in [2.45, 2.75) is 59.5 Å². The summed E-state index contributed by atoms with van der Waals surface area (Å²) in [5.41, 5.74) is 0. The molecule has 0 amide bonds. The molecule has 0 fully saturated rings. The molecule has 3 atom stereocenters. The SMILES string of the molecule is CCC(C)CCOC(=O)C(C)CCC(C)O. The van der Waals surface area contributed by atoms with Crippen LogP contribution in [0.4, 0.5) is 0 Å². The monoisotopic (exact) mass is 230 g/mol. The van der Waals surface area contributed by atoms with Crippen LogP contribution in [0.15, 0.2) is 0 Å². The lowest BCUT2D eigenvalue weighted by atomic mass is 10.0. The van der Waals surface area contributed by atoms with E-state index in [9.17, 15) is 4.79 Å². The van der Waals surface area contributed by atoms with Gasteiger partial charge < -0.3 is 9.84 Å². The highest BCUT2D eigenvalue weighted by Crippen LogP contribution is 2.11. The zero-order valence-corrected chi connectivity index (χ0v) is 11.0. The van der Waals surface area contributed by atoms with Crippen molar-refractivity contribution in [2.24, 2.45) is 11.8 Å². The Morgan fingerprint density at radius 2 is 1.81 bits per heavy atom. The second-order valence-electron chi connectivity index (χ2n) is 4.80. The van der Waals surface area contributed by atoms with E-state index in [1.807, 2.05) is 6.92 Å². The number of hydrogen-bond donors (Lipinski definition) is 1. The third-order valence-electron chi connectivity index (χ3n) is 2.97. The Morgan fingerprint density at radius 1 is 1.19 bits per heavy atom. The maximum Gasteiger partial charge on any atom is 0.308 e. The van der Waals surface area contributed by atoms with Crippen molar-refractivity contribution in [3.63, 3.8) is 0 Å². The molecule has 3 nitrogen and oxygen atoms in total. The molecule has 0 aliphatic carbocycles. The molecule has 0 aromatic rings. The molecule has 0 saturated carbocycles. The minimum absolute atomic E-state index is 0.105. The molecule has 0 aliphatic rings. The Morgan fingerprint density at radius 3 is 2.31 bits per heavy atom. The zero-order chi connectivity index (χ0) is 12.6. The molecular formula is C13H26O3. The Balaban J connectivity index is 3.63. The molecule has 0 spiro atoms. The summed E-state index contributed by atoms with van der Waals surface area (Å²) in [6, 6.07) is 0. The van der Waals surface area contributed by atoms with E-state index in [1.165, 1.54) is 0 Å². The van der Waals surface area contributed by atoms with Crippen LogP contribution in [0.25, 0.3) is 0 Å². The maximum atomic E-state index is 11.5. The minimum Gasteiger partial charge on any atom is -0.465 e. The predicted molar refractivity (Wildman–Crippen MR) is 65.1 cm³/mol. The Bertz CT molecular complexity index is 190. The molecule has 0 aromatic heterocycles. The third-order valence-corrected chi connectivity index (χ3v) is 2.97. The number of ether oxygens (including phenoxy) is 1. The number of aliphatic hydroxyl groups excluding tert-OH is 1. The second kappa shape index (κ2) is 8.57. The lowest BCUT2D eigenvalue weighted by molar-refractivity contribution is -0.148. The molecule has 0 aromatic carbocycles. The highest BCUT2D eigenvalue weighted by Gasteiger charge is 2.15. The number of carbonyl (C=O) groups excluding carboxylic acids is 1. The average Bonchev–Trinajstić information content (AvgIpc) is 2.25. The van der Waals surface area contributed by atoms with Gasteiger partial charge in [-0.3, -0.25) is 4.79 Å². The third kappa shape index (κ3) is 7.69. The van der Waals surface area contributed by atoms with Gasteiger partial charge in [0.2, 0.25) is 0 Å². The Hall–Kier alpha value is -0.570. The summed E-state index contributed by atoms with van der Waals surface area (Å²) in [6.45, 7) is 8.41. The number of esters is 1. The van der Waals surface area contributed by atoms with Crippen LogP contribution in [0.1, 0.15) is 53.4 Å². The van der Waals surface area contributed by atoms with Crippen molar-refractivity contribution in [3.8, 4) is 0 Å². The smallest absolute Gasteiger partial charge is 0.308 e. The maximum absolute atomic E-state index is 11.5. The van der Waals surface area contributed by atoms with Gasteiger partial charge in [0.15, 0.2) is 0 Å². The molecule has 0 rings (SSSR count). The topological polar surface area (TPSA) is 46.5 Å². The average molecular weight is 230 g/mol. The summed E-state index contributed by atoms with van der Waals surface area (Å²) in [5, 5.41) is 9.11. The fourth-order valence-electron chi connectivity index (χ4n) is 1.32. The summed E-state index contributed by atoms with van der Waals surface area (Å²) in [4.78, 5) is 11.5. The van der Waals surface area contributed by atoms with E-state index in [0.717, 1.165) is 12.8 Å². The summed E-state index contributed by atoms with van der Waals surface area (Å²) >= 11 is 0. The minimum atomic E-state index is -0.338. The van der Waals surface area contributed by atoms with Crippen molar-refractivity contribution < 1.29 is 14.6 Å². The summed E-state index contributed by atoms with van der Waals surface area (Å²) in [7, 11) is 0. The molecule has 0 heterocycles. The fraction of sp³-hybridized carbons (Fsp3) is 0.923. The molecule has 0 radical (unpaired) electrons. The summed E-state index contributed by atoms with van der Waals surface area (Å²) < 4.78 is 5.19. The number of aliphatic hydroxyl groups is 1. The molecular weight excluding hydrogens is 204 g/mol. The van der Waals surface area contributed by atoms with Gasteiger partial charge in [-0.1, -0.05) is 27.2 Å². The number of carbonyl (C=O) groups is 1. The standard InChI is InChI=1S/C13H26O3/c1-5-10(2)8-9-16-13(15)11(3)6-7-12(4)14/h10-12,14H,5-9H2,1-4H3. The van der Waals surface area contributed by atoms with E-state index in [0.29, 0.717) is 25.4 Å². The van der Waals surface area contributed by atoms with E-state index in [4.69, 9.17) is 9.84 Å². The van der Waals surface area contributed by atoms with Crippen molar-refractivity contribution in [1.29, 1.82) is 0 Å².